The van der Waals surface area contributed by atoms with Crippen molar-refractivity contribution in [1.29, 1.82) is 0 Å². The van der Waals surface area contributed by atoms with Crippen molar-refractivity contribution in [3.05, 3.63) is 35.9 Å². The van der Waals surface area contributed by atoms with Crippen LogP contribution in [0.1, 0.15) is 51.5 Å². The van der Waals surface area contributed by atoms with Gasteiger partial charge in [-0.1, -0.05) is 51.1 Å². The number of rotatable bonds is 5. The molecule has 4 rings (SSSR count). The van der Waals surface area contributed by atoms with Gasteiger partial charge in [0.25, 0.3) is 0 Å². The third-order valence-corrected chi connectivity index (χ3v) is 6.69. The SMILES string of the molecule is C[C@H](c1ccccc1)[C@H](O)C(F)(F)C(=O)C1CCC2CC1C2(C)C. The molecule has 3 aliphatic rings. The molecule has 0 saturated heterocycles. The van der Waals surface area contributed by atoms with Crippen molar-refractivity contribution in [2.24, 2.45) is 23.2 Å². The van der Waals surface area contributed by atoms with Gasteiger partial charge in [-0.25, -0.2) is 0 Å². The number of halogens is 2. The fraction of sp³-hybridized carbons (Fsp3) is 0.650. The number of carbonyl (C=O) groups excluding carboxylic acids is 1. The van der Waals surface area contributed by atoms with E-state index in [1.807, 2.05) is 0 Å². The van der Waals surface area contributed by atoms with Crippen molar-refractivity contribution in [2.75, 3.05) is 0 Å². The number of aliphatic hydroxyl groups is 1. The van der Waals surface area contributed by atoms with Crippen LogP contribution < -0.4 is 0 Å². The minimum Gasteiger partial charge on any atom is -0.386 e. The predicted molar refractivity (Wildman–Crippen MR) is 88.9 cm³/mol. The van der Waals surface area contributed by atoms with Crippen LogP contribution in [0.5, 0.6) is 0 Å². The molecule has 0 aliphatic heterocycles. The number of fused-ring (bicyclic) bond motifs is 2. The van der Waals surface area contributed by atoms with Gasteiger partial charge in [0.15, 0.2) is 0 Å². The zero-order valence-electron chi connectivity index (χ0n) is 14.5. The summed E-state index contributed by atoms with van der Waals surface area (Å²) in [4.78, 5) is 12.6. The van der Waals surface area contributed by atoms with E-state index in [9.17, 15) is 18.7 Å². The number of hydrogen-bond acceptors (Lipinski definition) is 2. The molecule has 132 valence electrons. The van der Waals surface area contributed by atoms with Crippen molar-refractivity contribution >= 4 is 5.78 Å². The van der Waals surface area contributed by atoms with Crippen LogP contribution in [0, 0.1) is 23.2 Å². The maximum absolute atomic E-state index is 14.8. The molecule has 0 heterocycles. The van der Waals surface area contributed by atoms with Gasteiger partial charge in [-0.15, -0.1) is 0 Å². The van der Waals surface area contributed by atoms with Gasteiger partial charge in [0.1, 0.15) is 6.10 Å². The van der Waals surface area contributed by atoms with Crippen LogP contribution in [0.2, 0.25) is 0 Å². The van der Waals surface area contributed by atoms with Gasteiger partial charge in [-0.05, 0) is 42.1 Å². The zero-order chi connectivity index (χ0) is 17.7. The fourth-order valence-electron chi connectivity index (χ4n) is 4.77. The van der Waals surface area contributed by atoms with Crippen molar-refractivity contribution in [2.45, 2.75) is 58.0 Å². The largest absolute Gasteiger partial charge is 0.386 e. The highest BCUT2D eigenvalue weighted by atomic mass is 19.3. The second-order valence-electron chi connectivity index (χ2n) is 8.18. The van der Waals surface area contributed by atoms with Gasteiger partial charge in [0, 0.05) is 11.8 Å². The quantitative estimate of drug-likeness (QED) is 0.864. The molecule has 3 aliphatic carbocycles. The average Bonchev–Trinajstić information content (AvgIpc) is 2.60. The second kappa shape index (κ2) is 5.91. The summed E-state index contributed by atoms with van der Waals surface area (Å²) < 4.78 is 29.5. The lowest BCUT2D eigenvalue weighted by molar-refractivity contribution is -0.184. The van der Waals surface area contributed by atoms with Crippen LogP contribution in [0.3, 0.4) is 0 Å². The minimum absolute atomic E-state index is 0.0221. The Hall–Kier alpha value is -1.29. The first-order valence-electron chi connectivity index (χ1n) is 8.82. The number of hydrogen-bond donors (Lipinski definition) is 1. The number of aliphatic hydroxyl groups excluding tert-OH is 1. The van der Waals surface area contributed by atoms with E-state index in [2.05, 4.69) is 13.8 Å². The summed E-state index contributed by atoms with van der Waals surface area (Å²) in [5.41, 5.74) is 0.579. The average molecular weight is 336 g/mol. The molecule has 3 unspecified atom stereocenters. The highest BCUT2D eigenvalue weighted by Gasteiger charge is 2.61. The summed E-state index contributed by atoms with van der Waals surface area (Å²) in [6.45, 7) is 5.70. The van der Waals surface area contributed by atoms with Gasteiger partial charge in [-0.2, -0.15) is 8.78 Å². The molecule has 5 atom stereocenters. The summed E-state index contributed by atoms with van der Waals surface area (Å²) in [7, 11) is 0. The Morgan fingerprint density at radius 3 is 2.42 bits per heavy atom. The molecule has 0 radical (unpaired) electrons. The molecule has 0 amide bonds. The third kappa shape index (κ3) is 2.59. The number of alkyl halides is 2. The Morgan fingerprint density at radius 2 is 1.88 bits per heavy atom. The molecular formula is C20H26F2O2. The van der Waals surface area contributed by atoms with Crippen LogP contribution in [-0.2, 0) is 4.79 Å². The van der Waals surface area contributed by atoms with Gasteiger partial charge >= 0.3 is 5.92 Å². The zero-order valence-corrected chi connectivity index (χ0v) is 14.5. The molecule has 1 aromatic carbocycles. The Kier molecular flexibility index (Phi) is 4.31. The highest BCUT2D eigenvalue weighted by molar-refractivity contribution is 5.89. The fourth-order valence-corrected chi connectivity index (χ4v) is 4.77. The lowest BCUT2D eigenvalue weighted by Gasteiger charge is -2.60. The number of Topliss-reactive ketones (excluding diaryl/α,β-unsaturated/α-hetero) is 1. The Balaban J connectivity index is 1.78. The molecule has 0 aromatic heterocycles. The van der Waals surface area contributed by atoms with Crippen LogP contribution >= 0.6 is 0 Å². The second-order valence-corrected chi connectivity index (χ2v) is 8.18. The molecule has 0 spiro atoms. The van der Waals surface area contributed by atoms with Crippen molar-refractivity contribution in [1.82, 2.24) is 0 Å². The van der Waals surface area contributed by atoms with E-state index >= 15 is 0 Å². The number of benzene rings is 1. The molecule has 1 aromatic rings. The van der Waals surface area contributed by atoms with Crippen molar-refractivity contribution in [3.8, 4) is 0 Å². The lowest BCUT2D eigenvalue weighted by atomic mass is 9.45. The van der Waals surface area contributed by atoms with E-state index in [-0.39, 0.29) is 11.3 Å². The molecule has 2 nitrogen and oxygen atoms in total. The Labute approximate surface area is 142 Å². The molecule has 24 heavy (non-hydrogen) atoms. The standard InChI is InChI=1S/C20H26F2O2/c1-12(13-7-5-4-6-8-13)17(23)20(21,22)18(24)15-10-9-14-11-16(15)19(14,2)3/h4-8,12,14-17,23H,9-11H2,1-3H3/t12-,14?,15?,16?,17+/m1/s1. The first kappa shape index (κ1) is 17.5. The first-order chi connectivity index (χ1) is 11.2. The highest BCUT2D eigenvalue weighted by Crippen LogP contribution is 2.62. The summed E-state index contributed by atoms with van der Waals surface area (Å²) in [5.74, 6) is -5.62. The molecule has 3 saturated carbocycles. The Morgan fingerprint density at radius 1 is 1.25 bits per heavy atom. The summed E-state index contributed by atoms with van der Waals surface area (Å²) in [6, 6.07) is 8.69. The summed E-state index contributed by atoms with van der Waals surface area (Å²) in [6.07, 6.45) is 0.234. The minimum atomic E-state index is -3.71. The molecule has 4 heteroatoms. The van der Waals surface area contributed by atoms with Crippen LogP contribution in [0.15, 0.2) is 30.3 Å². The van der Waals surface area contributed by atoms with Crippen molar-refractivity contribution < 1.29 is 18.7 Å². The maximum atomic E-state index is 14.8. The monoisotopic (exact) mass is 336 g/mol. The van der Waals surface area contributed by atoms with Crippen LogP contribution in [-0.4, -0.2) is 22.9 Å². The Bertz CT molecular complexity index is 609. The normalized spacial score (nSPS) is 31.0. The van der Waals surface area contributed by atoms with Crippen LogP contribution in [0.25, 0.3) is 0 Å². The summed E-state index contributed by atoms with van der Waals surface area (Å²) in [5, 5.41) is 10.3. The van der Waals surface area contributed by atoms with Gasteiger partial charge in [0.2, 0.25) is 5.78 Å². The van der Waals surface area contributed by atoms with E-state index in [0.717, 1.165) is 12.8 Å². The molecule has 1 N–H and O–H groups in total. The molecule has 2 bridgehead atoms. The first-order valence-corrected chi connectivity index (χ1v) is 8.82. The third-order valence-electron chi connectivity index (χ3n) is 6.69. The lowest BCUT2D eigenvalue weighted by Crippen LogP contribution is -2.58. The molecule has 3 fully saturated rings. The van der Waals surface area contributed by atoms with E-state index in [1.165, 1.54) is 0 Å². The van der Waals surface area contributed by atoms with E-state index in [0.29, 0.717) is 17.9 Å². The number of ketones is 1. The summed E-state index contributed by atoms with van der Waals surface area (Å²) >= 11 is 0. The van der Waals surface area contributed by atoms with E-state index in [1.54, 1.807) is 37.3 Å². The maximum Gasteiger partial charge on any atom is 0.331 e. The smallest absolute Gasteiger partial charge is 0.331 e. The van der Waals surface area contributed by atoms with Crippen molar-refractivity contribution in [3.63, 3.8) is 0 Å². The van der Waals surface area contributed by atoms with Gasteiger partial charge < -0.3 is 5.11 Å². The van der Waals surface area contributed by atoms with Gasteiger partial charge in [-0.3, -0.25) is 4.79 Å². The predicted octanol–water partition coefficient (Wildman–Crippen LogP) is 4.43. The van der Waals surface area contributed by atoms with E-state index in [4.69, 9.17) is 0 Å². The number of carbonyl (C=O) groups is 1. The van der Waals surface area contributed by atoms with E-state index < -0.39 is 29.6 Å². The van der Waals surface area contributed by atoms with Gasteiger partial charge in [0.05, 0.1) is 0 Å². The molecular weight excluding hydrogens is 310 g/mol. The topological polar surface area (TPSA) is 37.3 Å². The van der Waals surface area contributed by atoms with Crippen LogP contribution in [0.4, 0.5) is 8.78 Å².